The van der Waals surface area contributed by atoms with Crippen molar-refractivity contribution in [3.05, 3.63) is 24.3 Å². The minimum absolute atomic E-state index is 0.0321. The summed E-state index contributed by atoms with van der Waals surface area (Å²) in [4.78, 5) is 16.4. The van der Waals surface area contributed by atoms with Crippen LogP contribution >= 0.6 is 0 Å². The van der Waals surface area contributed by atoms with Gasteiger partial charge in [0.05, 0.1) is 6.61 Å². The molecule has 0 radical (unpaired) electrons. The molecule has 26 heavy (non-hydrogen) atoms. The lowest BCUT2D eigenvalue weighted by Crippen LogP contribution is -2.38. The highest BCUT2D eigenvalue weighted by atomic mass is 32.2. The van der Waals surface area contributed by atoms with Crippen LogP contribution in [0.2, 0.25) is 0 Å². The molecule has 1 unspecified atom stereocenters. The Labute approximate surface area is 160 Å². The van der Waals surface area contributed by atoms with Crippen LogP contribution in [0, 0.1) is 0 Å². The summed E-state index contributed by atoms with van der Waals surface area (Å²) in [5, 5.41) is 0. The highest BCUT2D eigenvalue weighted by Gasteiger charge is 2.20. The normalized spacial score (nSPS) is 15.5. The number of rotatable bonds is 7. The third-order valence-electron chi connectivity index (χ3n) is 3.99. The second-order valence-corrected chi connectivity index (χ2v) is 7.30. The Balaban J connectivity index is 0.00000163. The summed E-state index contributed by atoms with van der Waals surface area (Å²) in [6, 6.07) is 8.06. The van der Waals surface area contributed by atoms with Crippen LogP contribution in [0.3, 0.4) is 0 Å². The lowest BCUT2D eigenvalue weighted by Gasteiger charge is -2.24. The minimum atomic E-state index is -1.15. The van der Waals surface area contributed by atoms with Gasteiger partial charge in [0.25, 0.3) is 0 Å². The van der Waals surface area contributed by atoms with E-state index >= 15 is 0 Å². The summed E-state index contributed by atoms with van der Waals surface area (Å²) in [5.74, 6) is 1.31. The smallest absolute Gasteiger partial charge is 0.235 e. The number of ether oxygens (including phenoxy) is 1. The number of hydrogen-bond donors (Lipinski definition) is 1. The molecule has 2 rings (SSSR count). The maximum absolute atomic E-state index is 12.3. The lowest BCUT2D eigenvalue weighted by atomic mass is 10.2. The molecule has 148 valence electrons. The highest BCUT2D eigenvalue weighted by Crippen LogP contribution is 2.21. The van der Waals surface area contributed by atoms with Crippen molar-refractivity contribution in [1.82, 2.24) is 4.90 Å². The zero-order valence-corrected chi connectivity index (χ0v) is 17.1. The van der Waals surface area contributed by atoms with Crippen molar-refractivity contribution in [1.29, 1.82) is 0 Å². The molecule has 1 atom stereocenters. The van der Waals surface area contributed by atoms with Gasteiger partial charge in [0, 0.05) is 55.0 Å². The first-order valence-electron chi connectivity index (χ1n) is 9.44. The monoisotopic (exact) mass is 383 g/mol. The van der Waals surface area contributed by atoms with Crippen molar-refractivity contribution in [3.63, 3.8) is 0 Å². The largest absolute Gasteiger partial charge is 0.494 e. The summed E-state index contributed by atoms with van der Waals surface area (Å²) in [7, 11) is -1.15. The number of anilines is 1. The molecule has 0 aliphatic carbocycles. The zero-order chi connectivity index (χ0) is 19.4. The minimum Gasteiger partial charge on any atom is -0.494 e. The van der Waals surface area contributed by atoms with Gasteiger partial charge in [-0.05, 0) is 37.6 Å². The number of nitrogens with two attached hydrogens (primary N) is 1. The molecule has 1 fully saturated rings. The van der Waals surface area contributed by atoms with E-state index in [9.17, 15) is 9.00 Å². The molecule has 7 heteroatoms. The van der Waals surface area contributed by atoms with E-state index in [-0.39, 0.29) is 11.7 Å². The molecule has 1 aliphatic rings. The van der Waals surface area contributed by atoms with Gasteiger partial charge in [0.1, 0.15) is 11.5 Å². The predicted octanol–water partition coefficient (Wildman–Crippen LogP) is 1.86. The zero-order valence-electron chi connectivity index (χ0n) is 16.3. The fraction of sp³-hybridized carbons (Fsp3) is 0.632. The van der Waals surface area contributed by atoms with Crippen LogP contribution in [0.5, 0.6) is 5.75 Å². The van der Waals surface area contributed by atoms with E-state index in [1.165, 1.54) is 0 Å². The lowest BCUT2D eigenvalue weighted by molar-refractivity contribution is -0.128. The second-order valence-electron chi connectivity index (χ2n) is 5.73. The molecule has 1 aromatic rings. The van der Waals surface area contributed by atoms with Crippen LogP contribution in [0.4, 0.5) is 5.69 Å². The summed E-state index contributed by atoms with van der Waals surface area (Å²) in [6.45, 7) is 10.0. The topological polar surface area (TPSA) is 75.9 Å². The van der Waals surface area contributed by atoms with Gasteiger partial charge in [-0.3, -0.25) is 9.00 Å². The molecule has 0 spiro atoms. The van der Waals surface area contributed by atoms with Crippen LogP contribution in [-0.2, 0) is 15.6 Å². The Hall–Kier alpha value is -1.60. The van der Waals surface area contributed by atoms with Crippen molar-refractivity contribution in [3.8, 4) is 5.75 Å². The van der Waals surface area contributed by atoms with Gasteiger partial charge in [-0.15, -0.1) is 0 Å². The summed E-state index contributed by atoms with van der Waals surface area (Å²) in [6.07, 6.45) is 0.905. The summed E-state index contributed by atoms with van der Waals surface area (Å²) in [5.41, 5.74) is 6.53. The average Bonchev–Trinajstić information content (AvgIpc) is 2.91. The first-order valence-corrected chi connectivity index (χ1v) is 10.9. The average molecular weight is 384 g/mol. The van der Waals surface area contributed by atoms with E-state index in [2.05, 4.69) is 17.0 Å². The molecule has 1 aromatic carbocycles. The van der Waals surface area contributed by atoms with Crippen LogP contribution in [0.25, 0.3) is 0 Å². The predicted molar refractivity (Wildman–Crippen MR) is 109 cm³/mol. The van der Waals surface area contributed by atoms with Crippen molar-refractivity contribution < 1.29 is 13.7 Å². The SMILES string of the molecule is CC.CCOc1ccc(N2CCCN(C(=O)CS(=O)CCN)CC2)cc1. The van der Waals surface area contributed by atoms with Crippen LogP contribution in [0.15, 0.2) is 24.3 Å². The van der Waals surface area contributed by atoms with E-state index < -0.39 is 10.8 Å². The third-order valence-corrected chi connectivity index (χ3v) is 5.25. The number of carbonyl (C=O) groups is 1. The van der Waals surface area contributed by atoms with E-state index in [4.69, 9.17) is 10.5 Å². The molecule has 1 aliphatic heterocycles. The standard InChI is InChI=1S/C17H27N3O3S.C2H6/c1-2-23-16-6-4-15(5-7-16)19-9-3-10-20(12-11-19)17(21)14-24(22)13-8-18;1-2/h4-7H,2-3,8-14,18H2,1H3;1-2H3. The van der Waals surface area contributed by atoms with Gasteiger partial charge in [-0.25, -0.2) is 0 Å². The molecular formula is C19H33N3O3S. The van der Waals surface area contributed by atoms with Crippen molar-refractivity contribution in [2.24, 2.45) is 5.73 Å². The maximum Gasteiger partial charge on any atom is 0.235 e. The van der Waals surface area contributed by atoms with Crippen LogP contribution in [-0.4, -0.2) is 65.9 Å². The van der Waals surface area contributed by atoms with Crippen LogP contribution < -0.4 is 15.4 Å². The Morgan fingerprint density at radius 1 is 1.15 bits per heavy atom. The fourth-order valence-corrected chi connectivity index (χ4v) is 3.64. The van der Waals surface area contributed by atoms with E-state index in [1.807, 2.05) is 37.8 Å². The number of hydrogen-bond acceptors (Lipinski definition) is 5. The van der Waals surface area contributed by atoms with Gasteiger partial charge >= 0.3 is 0 Å². The molecule has 6 nitrogen and oxygen atoms in total. The number of nitrogens with zero attached hydrogens (tertiary/aromatic N) is 2. The Kier molecular flexibility index (Phi) is 11.0. The van der Waals surface area contributed by atoms with Gasteiger partial charge in [0.15, 0.2) is 0 Å². The second kappa shape index (κ2) is 12.7. The van der Waals surface area contributed by atoms with Gasteiger partial charge < -0.3 is 20.3 Å². The Bertz CT molecular complexity index is 551. The molecule has 2 N–H and O–H groups in total. The first-order chi connectivity index (χ1) is 12.6. The molecule has 1 heterocycles. The molecule has 0 saturated carbocycles. The van der Waals surface area contributed by atoms with Crippen molar-refractivity contribution in [2.45, 2.75) is 27.2 Å². The quantitative estimate of drug-likeness (QED) is 0.778. The Morgan fingerprint density at radius 2 is 1.85 bits per heavy atom. The van der Waals surface area contributed by atoms with Gasteiger partial charge in [-0.1, -0.05) is 13.8 Å². The first kappa shape index (κ1) is 22.4. The molecule has 1 amide bonds. The summed E-state index contributed by atoms with van der Waals surface area (Å²) >= 11 is 0. The fourth-order valence-electron chi connectivity index (χ4n) is 2.78. The Morgan fingerprint density at radius 3 is 2.46 bits per heavy atom. The van der Waals surface area contributed by atoms with Gasteiger partial charge in [0.2, 0.25) is 5.91 Å². The van der Waals surface area contributed by atoms with E-state index in [0.29, 0.717) is 32.0 Å². The van der Waals surface area contributed by atoms with Crippen molar-refractivity contribution in [2.75, 3.05) is 55.7 Å². The van der Waals surface area contributed by atoms with Crippen LogP contribution in [0.1, 0.15) is 27.2 Å². The van der Waals surface area contributed by atoms with E-state index in [0.717, 1.165) is 30.9 Å². The summed E-state index contributed by atoms with van der Waals surface area (Å²) < 4.78 is 17.2. The molecule has 0 bridgehead atoms. The molecular weight excluding hydrogens is 350 g/mol. The van der Waals surface area contributed by atoms with E-state index in [1.54, 1.807) is 0 Å². The number of carbonyl (C=O) groups excluding carboxylic acids is 1. The third kappa shape index (κ3) is 7.33. The van der Waals surface area contributed by atoms with Gasteiger partial charge in [-0.2, -0.15) is 0 Å². The number of amides is 1. The highest BCUT2D eigenvalue weighted by molar-refractivity contribution is 7.85. The molecule has 0 aromatic heterocycles. The number of benzene rings is 1. The molecule has 1 saturated heterocycles. The van der Waals surface area contributed by atoms with Crippen molar-refractivity contribution >= 4 is 22.4 Å². The maximum atomic E-state index is 12.3.